The van der Waals surface area contributed by atoms with Crippen LogP contribution >= 0.6 is 0 Å². The summed E-state index contributed by atoms with van der Waals surface area (Å²) in [4.78, 5) is 10.7. The molecule has 3 rings (SSSR count). The zero-order chi connectivity index (χ0) is 12.7. The third kappa shape index (κ3) is 1.48. The Labute approximate surface area is 102 Å². The van der Waals surface area contributed by atoms with Gasteiger partial charge in [0.2, 0.25) is 5.76 Å². The fourth-order valence-corrected chi connectivity index (χ4v) is 1.89. The van der Waals surface area contributed by atoms with Crippen molar-refractivity contribution in [2.24, 2.45) is 0 Å². The lowest BCUT2D eigenvalue weighted by Crippen LogP contribution is -1.94. The van der Waals surface area contributed by atoms with Crippen molar-refractivity contribution in [3.05, 3.63) is 41.6 Å². The van der Waals surface area contributed by atoms with E-state index >= 15 is 0 Å². The molecule has 1 N–H and O–H groups in total. The lowest BCUT2D eigenvalue weighted by Gasteiger charge is -1.89. The van der Waals surface area contributed by atoms with Crippen molar-refractivity contribution < 1.29 is 18.8 Å². The van der Waals surface area contributed by atoms with Crippen LogP contribution in [0.15, 0.2) is 39.3 Å². The van der Waals surface area contributed by atoms with E-state index in [1.807, 2.05) is 31.2 Å². The van der Waals surface area contributed by atoms with Crippen molar-refractivity contribution in [2.45, 2.75) is 6.92 Å². The summed E-state index contributed by atoms with van der Waals surface area (Å²) in [6, 6.07) is 8.93. The molecule has 0 atom stereocenters. The van der Waals surface area contributed by atoms with E-state index < -0.39 is 5.97 Å². The molecule has 0 spiro atoms. The summed E-state index contributed by atoms with van der Waals surface area (Å²) in [5.74, 6) is -0.295. The predicted molar refractivity (Wildman–Crippen MR) is 63.4 cm³/mol. The van der Waals surface area contributed by atoms with Gasteiger partial charge >= 0.3 is 5.97 Å². The highest BCUT2D eigenvalue weighted by Gasteiger charge is 2.18. The summed E-state index contributed by atoms with van der Waals surface area (Å²) in [6.07, 6.45) is 0. The van der Waals surface area contributed by atoms with E-state index in [-0.39, 0.29) is 5.69 Å². The van der Waals surface area contributed by atoms with Crippen molar-refractivity contribution in [3.8, 4) is 11.5 Å². The Balaban J connectivity index is 2.18. The fourth-order valence-electron chi connectivity index (χ4n) is 1.89. The number of carboxylic acids is 1. The number of aromatic nitrogens is 1. The molecule has 3 aromatic rings. The highest BCUT2D eigenvalue weighted by atomic mass is 16.5. The molecule has 0 aliphatic carbocycles. The van der Waals surface area contributed by atoms with Crippen LogP contribution in [0.4, 0.5) is 0 Å². The minimum absolute atomic E-state index is 0.134. The molecule has 18 heavy (non-hydrogen) atoms. The largest absolute Gasteiger partial charge is 0.476 e. The molecule has 5 nitrogen and oxygen atoms in total. The molecule has 0 saturated carbocycles. The van der Waals surface area contributed by atoms with E-state index in [1.54, 1.807) is 0 Å². The first kappa shape index (κ1) is 10.6. The molecule has 5 heteroatoms. The van der Waals surface area contributed by atoms with Crippen LogP contribution in [0.1, 0.15) is 16.1 Å². The van der Waals surface area contributed by atoms with Crippen LogP contribution < -0.4 is 0 Å². The van der Waals surface area contributed by atoms with Crippen molar-refractivity contribution >= 4 is 16.9 Å². The highest BCUT2D eigenvalue weighted by molar-refractivity contribution is 5.89. The summed E-state index contributed by atoms with van der Waals surface area (Å²) in [7, 11) is 0. The molecule has 0 aliphatic heterocycles. The number of hydrogen-bond acceptors (Lipinski definition) is 4. The Kier molecular flexibility index (Phi) is 2.19. The van der Waals surface area contributed by atoms with Crippen molar-refractivity contribution in [1.82, 2.24) is 5.16 Å². The number of carbonyl (C=O) groups is 1. The molecular weight excluding hydrogens is 234 g/mol. The molecule has 2 aromatic heterocycles. The molecule has 90 valence electrons. The lowest BCUT2D eigenvalue weighted by atomic mass is 10.1. The van der Waals surface area contributed by atoms with Crippen LogP contribution in [0, 0.1) is 6.92 Å². The Morgan fingerprint density at radius 3 is 2.78 bits per heavy atom. The van der Waals surface area contributed by atoms with E-state index in [0.717, 1.165) is 16.5 Å². The van der Waals surface area contributed by atoms with Crippen LogP contribution in [-0.4, -0.2) is 16.2 Å². The summed E-state index contributed by atoms with van der Waals surface area (Å²) in [6.45, 7) is 1.89. The van der Waals surface area contributed by atoms with Gasteiger partial charge in [-0.05, 0) is 13.0 Å². The van der Waals surface area contributed by atoms with Crippen molar-refractivity contribution in [1.29, 1.82) is 0 Å². The molecule has 0 saturated heterocycles. The predicted octanol–water partition coefficient (Wildman–Crippen LogP) is 3.09. The minimum Gasteiger partial charge on any atom is -0.476 e. The van der Waals surface area contributed by atoms with Crippen molar-refractivity contribution in [2.75, 3.05) is 0 Å². The van der Waals surface area contributed by atoms with Gasteiger partial charge < -0.3 is 14.0 Å². The molecular formula is C13H9NO4. The Hall–Kier alpha value is -2.56. The molecule has 0 amide bonds. The van der Waals surface area contributed by atoms with Crippen molar-refractivity contribution in [3.63, 3.8) is 0 Å². The third-order valence-corrected chi connectivity index (χ3v) is 2.80. The van der Waals surface area contributed by atoms with Crippen LogP contribution in [0.25, 0.3) is 22.5 Å². The van der Waals surface area contributed by atoms with Gasteiger partial charge in [0.25, 0.3) is 0 Å². The molecule has 1 aromatic carbocycles. The number of rotatable bonds is 2. The quantitative estimate of drug-likeness (QED) is 0.748. The van der Waals surface area contributed by atoms with Gasteiger partial charge in [-0.25, -0.2) is 4.79 Å². The zero-order valence-corrected chi connectivity index (χ0v) is 9.51. The Bertz CT molecular complexity index is 738. The second-order valence-electron chi connectivity index (χ2n) is 3.93. The number of furan rings is 1. The molecule has 0 radical (unpaired) electrons. The SMILES string of the molecule is Cc1c(-c2cc(C(=O)O)no2)oc2ccccc12. The first-order chi connectivity index (χ1) is 8.66. The minimum atomic E-state index is -1.13. The van der Waals surface area contributed by atoms with E-state index in [9.17, 15) is 4.79 Å². The first-order valence-corrected chi connectivity index (χ1v) is 5.35. The van der Waals surface area contributed by atoms with Gasteiger partial charge in [-0.1, -0.05) is 23.4 Å². The molecule has 0 bridgehead atoms. The van der Waals surface area contributed by atoms with E-state index in [4.69, 9.17) is 14.0 Å². The molecule has 2 heterocycles. The topological polar surface area (TPSA) is 76.5 Å². The van der Waals surface area contributed by atoms with Gasteiger partial charge in [-0.2, -0.15) is 0 Å². The number of benzene rings is 1. The van der Waals surface area contributed by atoms with Crippen LogP contribution in [0.3, 0.4) is 0 Å². The maximum absolute atomic E-state index is 10.7. The lowest BCUT2D eigenvalue weighted by molar-refractivity contribution is 0.0686. The second-order valence-corrected chi connectivity index (χ2v) is 3.93. The van der Waals surface area contributed by atoms with E-state index in [2.05, 4.69) is 5.16 Å². The van der Waals surface area contributed by atoms with Gasteiger partial charge in [-0.15, -0.1) is 0 Å². The van der Waals surface area contributed by atoms with Crippen LogP contribution in [-0.2, 0) is 0 Å². The standard InChI is InChI=1S/C13H9NO4/c1-7-8-4-2-3-5-10(8)17-12(7)11-6-9(13(15)16)14-18-11/h2-6H,1H3,(H,15,16). The van der Waals surface area contributed by atoms with E-state index in [1.165, 1.54) is 6.07 Å². The van der Waals surface area contributed by atoms with Gasteiger partial charge in [0.05, 0.1) is 0 Å². The number of para-hydroxylation sites is 1. The number of hydrogen-bond donors (Lipinski definition) is 1. The van der Waals surface area contributed by atoms with Crippen LogP contribution in [0.2, 0.25) is 0 Å². The van der Waals surface area contributed by atoms with Gasteiger partial charge in [0.1, 0.15) is 5.58 Å². The third-order valence-electron chi connectivity index (χ3n) is 2.80. The molecule has 0 fully saturated rings. The fraction of sp³-hybridized carbons (Fsp3) is 0.0769. The maximum Gasteiger partial charge on any atom is 0.358 e. The highest BCUT2D eigenvalue weighted by Crippen LogP contribution is 2.32. The van der Waals surface area contributed by atoms with Gasteiger partial charge in [-0.3, -0.25) is 0 Å². The average Bonchev–Trinajstić information content (AvgIpc) is 2.95. The number of aryl methyl sites for hydroxylation is 1. The first-order valence-electron chi connectivity index (χ1n) is 5.35. The monoisotopic (exact) mass is 243 g/mol. The summed E-state index contributed by atoms with van der Waals surface area (Å²) < 4.78 is 10.6. The zero-order valence-electron chi connectivity index (χ0n) is 9.51. The number of aromatic carboxylic acids is 1. The van der Waals surface area contributed by atoms with E-state index in [0.29, 0.717) is 11.5 Å². The second kappa shape index (κ2) is 3.73. The molecule has 0 unspecified atom stereocenters. The number of carboxylic acid groups (broad SMARTS) is 1. The summed E-state index contributed by atoms with van der Waals surface area (Å²) in [5.41, 5.74) is 1.50. The average molecular weight is 243 g/mol. The summed E-state index contributed by atoms with van der Waals surface area (Å²) >= 11 is 0. The Morgan fingerprint density at radius 1 is 1.33 bits per heavy atom. The van der Waals surface area contributed by atoms with Gasteiger partial charge in [0, 0.05) is 17.0 Å². The normalized spacial score (nSPS) is 10.9. The van der Waals surface area contributed by atoms with Gasteiger partial charge in [0.15, 0.2) is 11.5 Å². The number of nitrogens with zero attached hydrogens (tertiary/aromatic N) is 1. The number of fused-ring (bicyclic) bond motifs is 1. The smallest absolute Gasteiger partial charge is 0.358 e. The van der Waals surface area contributed by atoms with Crippen LogP contribution in [0.5, 0.6) is 0 Å². The summed E-state index contributed by atoms with van der Waals surface area (Å²) in [5, 5.41) is 13.2. The Morgan fingerprint density at radius 2 is 2.11 bits per heavy atom. The maximum atomic E-state index is 10.7. The molecule has 0 aliphatic rings.